The molecule has 142 valence electrons. The maximum absolute atomic E-state index is 12.3. The zero-order valence-corrected chi connectivity index (χ0v) is 15.9. The summed E-state index contributed by atoms with van der Waals surface area (Å²) in [5, 5.41) is 0. The molecule has 1 heterocycles. The number of rotatable bonds is 6. The first-order valence-corrected chi connectivity index (χ1v) is 8.84. The number of ether oxygens (including phenoxy) is 1. The zero-order valence-electron chi connectivity index (χ0n) is 15.9. The lowest BCUT2D eigenvalue weighted by molar-refractivity contribution is 0.0444. The van der Waals surface area contributed by atoms with Crippen LogP contribution in [0.4, 0.5) is 0 Å². The number of ketones is 2. The van der Waals surface area contributed by atoms with Gasteiger partial charge in [0.25, 0.3) is 0 Å². The fraction of sp³-hybridized carbons (Fsp3) is 0.174. The van der Waals surface area contributed by atoms with E-state index in [-0.39, 0.29) is 23.9 Å². The van der Waals surface area contributed by atoms with E-state index in [1.165, 1.54) is 13.0 Å². The van der Waals surface area contributed by atoms with Gasteiger partial charge in [-0.05, 0) is 38.5 Å². The second kappa shape index (κ2) is 8.05. The van der Waals surface area contributed by atoms with Crippen LogP contribution in [0.25, 0.3) is 11.3 Å². The van der Waals surface area contributed by atoms with Gasteiger partial charge in [0, 0.05) is 16.7 Å². The number of Topliss-reactive ketones (excluding diaryl/α,β-unsaturated/α-hetero) is 2. The highest BCUT2D eigenvalue weighted by atomic mass is 16.5. The second-order valence-corrected chi connectivity index (χ2v) is 6.62. The van der Waals surface area contributed by atoms with E-state index in [2.05, 4.69) is 0 Å². The van der Waals surface area contributed by atoms with Crippen LogP contribution in [0.3, 0.4) is 0 Å². The number of carbonyl (C=O) groups excluding carboxylic acids is 3. The fourth-order valence-corrected chi connectivity index (χ4v) is 2.88. The van der Waals surface area contributed by atoms with E-state index in [0.717, 1.165) is 16.7 Å². The van der Waals surface area contributed by atoms with Gasteiger partial charge in [-0.2, -0.15) is 0 Å². The van der Waals surface area contributed by atoms with Crippen LogP contribution in [0.1, 0.15) is 49.3 Å². The summed E-state index contributed by atoms with van der Waals surface area (Å²) in [6, 6.07) is 15.5. The summed E-state index contributed by atoms with van der Waals surface area (Å²) in [7, 11) is 0. The Bertz CT molecular complexity index is 1040. The molecule has 0 unspecified atom stereocenters. The highest BCUT2D eigenvalue weighted by molar-refractivity contribution is 6.00. The van der Waals surface area contributed by atoms with Crippen molar-refractivity contribution in [3.8, 4) is 11.3 Å². The van der Waals surface area contributed by atoms with Crippen molar-refractivity contribution in [1.82, 2.24) is 0 Å². The molecule has 0 aliphatic carbocycles. The summed E-state index contributed by atoms with van der Waals surface area (Å²) < 4.78 is 10.6. The van der Waals surface area contributed by atoms with Gasteiger partial charge in [-0.25, -0.2) is 4.79 Å². The molecule has 28 heavy (non-hydrogen) atoms. The van der Waals surface area contributed by atoms with Crippen LogP contribution in [0.2, 0.25) is 0 Å². The van der Waals surface area contributed by atoms with Gasteiger partial charge in [-0.15, -0.1) is 0 Å². The number of hydrogen-bond donors (Lipinski definition) is 0. The average Bonchev–Trinajstić information content (AvgIpc) is 3.16. The van der Waals surface area contributed by atoms with Crippen LogP contribution in [-0.4, -0.2) is 24.1 Å². The highest BCUT2D eigenvalue weighted by Gasteiger charge is 2.17. The van der Waals surface area contributed by atoms with Crippen LogP contribution < -0.4 is 0 Å². The topological polar surface area (TPSA) is 73.6 Å². The standard InChI is InChI=1S/C23H20O5/c1-14-4-9-19(15(2)12-14)20(25)13-27-23(26)22-11-10-21(28-22)18-7-5-17(6-8-18)16(3)24/h4-12H,13H2,1-3H3. The van der Waals surface area contributed by atoms with Gasteiger partial charge in [-0.3, -0.25) is 9.59 Å². The molecule has 0 N–H and O–H groups in total. The molecular weight excluding hydrogens is 356 g/mol. The first kappa shape index (κ1) is 19.3. The molecule has 0 saturated carbocycles. The largest absolute Gasteiger partial charge is 0.451 e. The smallest absolute Gasteiger partial charge is 0.374 e. The maximum atomic E-state index is 12.3. The lowest BCUT2D eigenvalue weighted by Gasteiger charge is -2.06. The molecule has 5 heteroatoms. The van der Waals surface area contributed by atoms with E-state index in [9.17, 15) is 14.4 Å². The van der Waals surface area contributed by atoms with E-state index >= 15 is 0 Å². The van der Waals surface area contributed by atoms with Gasteiger partial charge in [0.2, 0.25) is 11.5 Å². The van der Waals surface area contributed by atoms with Crippen molar-refractivity contribution in [3.63, 3.8) is 0 Å². The molecule has 0 amide bonds. The number of hydrogen-bond acceptors (Lipinski definition) is 5. The van der Waals surface area contributed by atoms with Crippen molar-refractivity contribution in [1.29, 1.82) is 0 Å². The monoisotopic (exact) mass is 376 g/mol. The Hall–Kier alpha value is -3.47. The van der Waals surface area contributed by atoms with E-state index in [1.54, 1.807) is 36.4 Å². The van der Waals surface area contributed by atoms with E-state index in [4.69, 9.17) is 9.15 Å². The first-order chi connectivity index (χ1) is 13.3. The van der Waals surface area contributed by atoms with Gasteiger partial charge < -0.3 is 9.15 Å². The van der Waals surface area contributed by atoms with Crippen LogP contribution in [0.5, 0.6) is 0 Å². The maximum Gasteiger partial charge on any atom is 0.374 e. The number of carbonyl (C=O) groups is 3. The summed E-state index contributed by atoms with van der Waals surface area (Å²) in [6.07, 6.45) is 0. The Balaban J connectivity index is 1.65. The van der Waals surface area contributed by atoms with Crippen molar-refractivity contribution >= 4 is 17.5 Å². The van der Waals surface area contributed by atoms with Crippen molar-refractivity contribution in [2.24, 2.45) is 0 Å². The molecule has 0 fully saturated rings. The number of benzene rings is 2. The highest BCUT2D eigenvalue weighted by Crippen LogP contribution is 2.23. The van der Waals surface area contributed by atoms with Gasteiger partial charge in [0.15, 0.2) is 12.4 Å². The van der Waals surface area contributed by atoms with Gasteiger partial charge in [0.05, 0.1) is 0 Å². The molecule has 0 atom stereocenters. The molecule has 3 aromatic rings. The van der Waals surface area contributed by atoms with Gasteiger partial charge in [0.1, 0.15) is 5.76 Å². The van der Waals surface area contributed by atoms with Crippen molar-refractivity contribution < 1.29 is 23.5 Å². The average molecular weight is 376 g/mol. The third-order valence-electron chi connectivity index (χ3n) is 4.40. The minimum atomic E-state index is -0.704. The predicted octanol–water partition coefficient (Wildman–Crippen LogP) is 4.81. The number of furan rings is 1. The SMILES string of the molecule is CC(=O)c1ccc(-c2ccc(C(=O)OCC(=O)c3ccc(C)cc3C)o2)cc1. The van der Waals surface area contributed by atoms with Crippen LogP contribution in [-0.2, 0) is 4.74 Å². The van der Waals surface area contributed by atoms with Crippen LogP contribution >= 0.6 is 0 Å². The second-order valence-electron chi connectivity index (χ2n) is 6.62. The number of esters is 1. The third-order valence-corrected chi connectivity index (χ3v) is 4.40. The third kappa shape index (κ3) is 4.26. The molecule has 1 aromatic heterocycles. The minimum absolute atomic E-state index is 0.0130. The Morgan fingerprint density at radius 2 is 1.64 bits per heavy atom. The lowest BCUT2D eigenvalue weighted by atomic mass is 10.0. The molecular formula is C23H20O5. The zero-order chi connectivity index (χ0) is 20.3. The van der Waals surface area contributed by atoms with Crippen LogP contribution in [0, 0.1) is 13.8 Å². The van der Waals surface area contributed by atoms with E-state index in [0.29, 0.717) is 16.9 Å². The molecule has 0 spiro atoms. The minimum Gasteiger partial charge on any atom is -0.451 e. The summed E-state index contributed by atoms with van der Waals surface area (Å²) in [4.78, 5) is 35.8. The first-order valence-electron chi connectivity index (χ1n) is 8.84. The summed E-state index contributed by atoms with van der Waals surface area (Å²) in [5.74, 6) is -0.507. The Morgan fingerprint density at radius 1 is 0.929 bits per heavy atom. The Labute approximate surface area is 162 Å². The Morgan fingerprint density at radius 3 is 2.29 bits per heavy atom. The quantitative estimate of drug-likeness (QED) is 0.456. The molecule has 0 saturated heterocycles. The lowest BCUT2D eigenvalue weighted by Crippen LogP contribution is -2.14. The normalized spacial score (nSPS) is 10.5. The van der Waals surface area contributed by atoms with Crippen molar-refractivity contribution in [3.05, 3.63) is 82.6 Å². The van der Waals surface area contributed by atoms with Crippen LogP contribution in [0.15, 0.2) is 59.0 Å². The Kier molecular flexibility index (Phi) is 5.54. The predicted molar refractivity (Wildman–Crippen MR) is 105 cm³/mol. The number of aryl methyl sites for hydroxylation is 2. The molecule has 2 aromatic carbocycles. The summed E-state index contributed by atoms with van der Waals surface area (Å²) in [5.41, 5.74) is 3.76. The molecule has 3 rings (SSSR count). The van der Waals surface area contributed by atoms with Gasteiger partial charge >= 0.3 is 5.97 Å². The molecule has 0 aliphatic rings. The fourth-order valence-electron chi connectivity index (χ4n) is 2.88. The van der Waals surface area contributed by atoms with E-state index < -0.39 is 5.97 Å². The van der Waals surface area contributed by atoms with Crippen molar-refractivity contribution in [2.75, 3.05) is 6.61 Å². The molecule has 0 bridgehead atoms. The van der Waals surface area contributed by atoms with Gasteiger partial charge in [-0.1, -0.05) is 48.0 Å². The summed E-state index contributed by atoms with van der Waals surface area (Å²) in [6.45, 7) is 4.93. The molecule has 0 aliphatic heterocycles. The van der Waals surface area contributed by atoms with E-state index in [1.807, 2.05) is 26.0 Å². The molecule has 5 nitrogen and oxygen atoms in total. The summed E-state index contributed by atoms with van der Waals surface area (Å²) >= 11 is 0. The van der Waals surface area contributed by atoms with Crippen molar-refractivity contribution in [2.45, 2.75) is 20.8 Å². The molecule has 0 radical (unpaired) electrons.